The van der Waals surface area contributed by atoms with Crippen LogP contribution in [0.1, 0.15) is 16.7 Å². The van der Waals surface area contributed by atoms with E-state index < -0.39 is 11.9 Å². The van der Waals surface area contributed by atoms with Crippen LogP contribution in [0.3, 0.4) is 0 Å². The molecule has 162 valence electrons. The van der Waals surface area contributed by atoms with Gasteiger partial charge in [0.1, 0.15) is 12.3 Å². The molecule has 3 aromatic carbocycles. The molecular weight excluding hydrogens is 428 g/mol. The van der Waals surface area contributed by atoms with Crippen molar-refractivity contribution in [3.63, 3.8) is 0 Å². The number of carbonyl (C=O) groups is 2. The second kappa shape index (κ2) is 9.16. The Morgan fingerprint density at radius 2 is 1.81 bits per heavy atom. The molecule has 0 spiro atoms. The molecule has 32 heavy (non-hydrogen) atoms. The maximum absolute atomic E-state index is 12.8. The predicted octanol–water partition coefficient (Wildman–Crippen LogP) is 5.33. The minimum Gasteiger partial charge on any atom is -0.493 e. The molecule has 4 rings (SSSR count). The van der Waals surface area contributed by atoms with Gasteiger partial charge in [0.25, 0.3) is 5.91 Å². The summed E-state index contributed by atoms with van der Waals surface area (Å²) in [5.41, 5.74) is 3.38. The van der Waals surface area contributed by atoms with Crippen LogP contribution in [0.5, 0.6) is 11.5 Å². The zero-order valence-electron chi connectivity index (χ0n) is 17.6. The van der Waals surface area contributed by atoms with Crippen molar-refractivity contribution < 1.29 is 19.1 Å². The van der Waals surface area contributed by atoms with E-state index in [-0.39, 0.29) is 5.70 Å². The summed E-state index contributed by atoms with van der Waals surface area (Å²) in [6.45, 7) is 2.35. The first-order valence-corrected chi connectivity index (χ1v) is 10.3. The largest absolute Gasteiger partial charge is 0.493 e. The lowest BCUT2D eigenvalue weighted by atomic mass is 10.1. The molecule has 1 aliphatic rings. The highest BCUT2D eigenvalue weighted by Gasteiger charge is 2.34. The molecule has 0 aliphatic carbocycles. The molecule has 6 nitrogen and oxygen atoms in total. The third kappa shape index (κ3) is 4.45. The molecule has 0 bridgehead atoms. The van der Waals surface area contributed by atoms with Crippen LogP contribution in [0.4, 0.5) is 10.5 Å². The van der Waals surface area contributed by atoms with E-state index in [2.05, 4.69) is 5.32 Å². The number of para-hydroxylation sites is 1. The molecule has 0 atom stereocenters. The number of imide groups is 1. The second-order valence-electron chi connectivity index (χ2n) is 7.28. The highest BCUT2D eigenvalue weighted by Crippen LogP contribution is 2.38. The zero-order chi connectivity index (χ0) is 22.7. The fourth-order valence-corrected chi connectivity index (χ4v) is 3.71. The average Bonchev–Trinajstić information content (AvgIpc) is 3.06. The summed E-state index contributed by atoms with van der Waals surface area (Å²) in [6.07, 6.45) is 1.56. The number of halogens is 1. The van der Waals surface area contributed by atoms with Gasteiger partial charge in [-0.2, -0.15) is 0 Å². The standard InChI is InChI=1S/C25H21ClN2O4/c1-16-7-6-8-17(11-16)15-32-23-20(26)12-18(14-22(23)31-2)13-21-24(29)28(25(30)27-21)19-9-4-3-5-10-19/h3-14H,15H2,1-2H3,(H,27,30)/b21-13+. The molecule has 3 amide bonds. The van der Waals surface area contributed by atoms with E-state index in [4.69, 9.17) is 21.1 Å². The molecule has 1 N–H and O–H groups in total. The lowest BCUT2D eigenvalue weighted by Crippen LogP contribution is -2.30. The number of anilines is 1. The van der Waals surface area contributed by atoms with Gasteiger partial charge in [0.2, 0.25) is 0 Å². The van der Waals surface area contributed by atoms with Crippen molar-refractivity contribution in [3.8, 4) is 11.5 Å². The summed E-state index contributed by atoms with van der Waals surface area (Å²) in [7, 11) is 1.52. The van der Waals surface area contributed by atoms with Gasteiger partial charge in [-0.1, -0.05) is 59.6 Å². The quantitative estimate of drug-likeness (QED) is 0.408. The summed E-state index contributed by atoms with van der Waals surface area (Å²) < 4.78 is 11.4. The minimum atomic E-state index is -0.511. The lowest BCUT2D eigenvalue weighted by molar-refractivity contribution is -0.113. The number of benzene rings is 3. The number of carbonyl (C=O) groups excluding carboxylic acids is 2. The van der Waals surface area contributed by atoms with E-state index in [1.807, 2.05) is 37.3 Å². The molecular formula is C25H21ClN2O4. The molecule has 7 heteroatoms. The van der Waals surface area contributed by atoms with Gasteiger partial charge in [0.05, 0.1) is 17.8 Å². The molecule has 0 radical (unpaired) electrons. The number of methoxy groups -OCH3 is 1. The van der Waals surface area contributed by atoms with E-state index >= 15 is 0 Å². The van der Waals surface area contributed by atoms with Gasteiger partial charge in [-0.25, -0.2) is 9.69 Å². The minimum absolute atomic E-state index is 0.144. The summed E-state index contributed by atoms with van der Waals surface area (Å²) >= 11 is 6.47. The monoisotopic (exact) mass is 448 g/mol. The van der Waals surface area contributed by atoms with Crippen molar-refractivity contribution in [1.29, 1.82) is 0 Å². The van der Waals surface area contributed by atoms with Crippen LogP contribution in [0, 0.1) is 6.92 Å². The normalized spacial score (nSPS) is 14.6. The molecule has 1 fully saturated rings. The fourth-order valence-electron chi connectivity index (χ4n) is 3.43. The lowest BCUT2D eigenvalue weighted by Gasteiger charge is -2.14. The van der Waals surface area contributed by atoms with Crippen LogP contribution in [-0.4, -0.2) is 19.0 Å². The predicted molar refractivity (Wildman–Crippen MR) is 124 cm³/mol. The highest BCUT2D eigenvalue weighted by atomic mass is 35.5. The summed E-state index contributed by atoms with van der Waals surface area (Å²) in [4.78, 5) is 26.2. The number of hydrogen-bond acceptors (Lipinski definition) is 4. The average molecular weight is 449 g/mol. The van der Waals surface area contributed by atoms with Gasteiger partial charge >= 0.3 is 6.03 Å². The first-order chi connectivity index (χ1) is 15.5. The number of aryl methyl sites for hydroxylation is 1. The van der Waals surface area contributed by atoms with E-state index in [9.17, 15) is 9.59 Å². The van der Waals surface area contributed by atoms with Crippen molar-refractivity contribution in [2.75, 3.05) is 12.0 Å². The molecule has 1 heterocycles. The SMILES string of the molecule is COc1cc(/C=C2/NC(=O)N(c3ccccc3)C2=O)cc(Cl)c1OCc1cccc(C)c1. The summed E-state index contributed by atoms with van der Waals surface area (Å²) in [5.74, 6) is 0.385. The van der Waals surface area contributed by atoms with E-state index in [1.165, 1.54) is 7.11 Å². The Kier molecular flexibility index (Phi) is 6.14. The van der Waals surface area contributed by atoms with Crippen LogP contribution >= 0.6 is 11.6 Å². The van der Waals surface area contributed by atoms with Crippen LogP contribution in [0.15, 0.2) is 72.4 Å². The van der Waals surface area contributed by atoms with E-state index in [0.29, 0.717) is 34.4 Å². The van der Waals surface area contributed by atoms with Crippen molar-refractivity contribution in [2.24, 2.45) is 0 Å². The summed E-state index contributed by atoms with van der Waals surface area (Å²) in [5, 5.41) is 2.94. The Morgan fingerprint density at radius 3 is 2.53 bits per heavy atom. The number of nitrogens with one attached hydrogen (secondary N) is 1. The number of nitrogens with zero attached hydrogens (tertiary/aromatic N) is 1. The summed E-state index contributed by atoms with van der Waals surface area (Å²) in [6, 6.07) is 19.6. The van der Waals surface area contributed by atoms with Crippen LogP contribution in [0.2, 0.25) is 5.02 Å². The van der Waals surface area contributed by atoms with Crippen LogP contribution in [-0.2, 0) is 11.4 Å². The number of amides is 3. The number of ether oxygens (including phenoxy) is 2. The van der Waals surface area contributed by atoms with Gasteiger partial charge < -0.3 is 14.8 Å². The van der Waals surface area contributed by atoms with Crippen molar-refractivity contribution in [1.82, 2.24) is 5.32 Å². The van der Waals surface area contributed by atoms with Crippen molar-refractivity contribution in [3.05, 3.63) is 94.1 Å². The molecule has 0 aromatic heterocycles. The topological polar surface area (TPSA) is 67.9 Å². The van der Waals surface area contributed by atoms with Gasteiger partial charge in [-0.3, -0.25) is 4.79 Å². The molecule has 0 saturated carbocycles. The third-order valence-corrected chi connectivity index (χ3v) is 5.20. The van der Waals surface area contributed by atoms with Gasteiger partial charge in [0, 0.05) is 0 Å². The van der Waals surface area contributed by atoms with Crippen molar-refractivity contribution in [2.45, 2.75) is 13.5 Å². The third-order valence-electron chi connectivity index (χ3n) is 4.92. The van der Waals surface area contributed by atoms with Crippen LogP contribution < -0.4 is 19.7 Å². The first-order valence-electron chi connectivity index (χ1n) is 9.94. The Balaban J connectivity index is 1.58. The Bertz CT molecular complexity index is 1210. The van der Waals surface area contributed by atoms with Gasteiger partial charge in [-0.15, -0.1) is 0 Å². The molecule has 1 aliphatic heterocycles. The molecule has 1 saturated heterocycles. The Hall–Kier alpha value is -3.77. The maximum Gasteiger partial charge on any atom is 0.333 e. The number of hydrogen-bond donors (Lipinski definition) is 1. The number of urea groups is 1. The zero-order valence-corrected chi connectivity index (χ0v) is 18.3. The molecule has 3 aromatic rings. The number of rotatable bonds is 6. The van der Waals surface area contributed by atoms with E-state index in [1.54, 1.807) is 42.5 Å². The van der Waals surface area contributed by atoms with E-state index in [0.717, 1.165) is 16.0 Å². The second-order valence-corrected chi connectivity index (χ2v) is 7.68. The fraction of sp³-hybridized carbons (Fsp3) is 0.120. The smallest absolute Gasteiger partial charge is 0.333 e. The maximum atomic E-state index is 12.8. The Labute approximate surface area is 191 Å². The first kappa shape index (κ1) is 21.5. The van der Waals surface area contributed by atoms with Crippen molar-refractivity contribution >= 4 is 35.3 Å². The van der Waals surface area contributed by atoms with Gasteiger partial charge in [-0.05, 0) is 48.4 Å². The molecule has 0 unspecified atom stereocenters. The Morgan fingerprint density at radius 1 is 1.03 bits per heavy atom. The van der Waals surface area contributed by atoms with Crippen LogP contribution in [0.25, 0.3) is 6.08 Å². The van der Waals surface area contributed by atoms with Gasteiger partial charge in [0.15, 0.2) is 11.5 Å². The highest BCUT2D eigenvalue weighted by molar-refractivity contribution is 6.32.